The number of carbonyl (C=O) groups is 1. The second-order valence-corrected chi connectivity index (χ2v) is 15.5. The predicted octanol–water partition coefficient (Wildman–Crippen LogP) is 6.35. The molecule has 14 nitrogen and oxygen atoms in total. The van der Waals surface area contributed by atoms with Crippen LogP contribution in [0.1, 0.15) is 32.6 Å². The van der Waals surface area contributed by atoms with E-state index in [9.17, 15) is 4.79 Å². The number of ether oxygens (including phenoxy) is 3. The summed E-state index contributed by atoms with van der Waals surface area (Å²) in [5, 5.41) is 0. The van der Waals surface area contributed by atoms with Crippen molar-refractivity contribution in [3.63, 3.8) is 0 Å². The lowest BCUT2D eigenvalue weighted by Gasteiger charge is -2.36. The zero-order valence-corrected chi connectivity index (χ0v) is 34.9. The molecule has 0 spiro atoms. The smallest absolute Gasteiger partial charge is 0.253 e. The van der Waals surface area contributed by atoms with Gasteiger partial charge in [-0.05, 0) is 84.6 Å². The average Bonchev–Trinajstić information content (AvgIpc) is 3.75. The summed E-state index contributed by atoms with van der Waals surface area (Å²) in [6, 6.07) is 26.2. The van der Waals surface area contributed by atoms with E-state index < -0.39 is 0 Å². The number of rotatable bonds is 12. The SMILES string of the molecule is COc1ccc(CN(Cc2ccc(OC)cc2)c2ncc(-c3nc(N4CCOCC4)nc4c3CCN4c3ccc(C(=O)N4CCN(c5cccnc5)CC4)cc3C)cn2)cc1. The first-order valence-electron chi connectivity index (χ1n) is 20.8. The Kier molecular flexibility index (Phi) is 11.6. The summed E-state index contributed by atoms with van der Waals surface area (Å²) in [6.45, 7) is 9.48. The first-order valence-corrected chi connectivity index (χ1v) is 20.8. The maximum atomic E-state index is 13.8. The molecule has 3 aromatic carbocycles. The minimum absolute atomic E-state index is 0.0523. The van der Waals surface area contributed by atoms with E-state index in [1.54, 1.807) is 20.4 Å². The molecule has 9 rings (SSSR count). The molecule has 3 aliphatic heterocycles. The van der Waals surface area contributed by atoms with Gasteiger partial charge in [0.1, 0.15) is 17.3 Å². The number of carbonyl (C=O) groups excluding carboxylic acids is 1. The minimum Gasteiger partial charge on any atom is -0.497 e. The molecule has 2 saturated heterocycles. The minimum atomic E-state index is 0.0523. The topological polar surface area (TPSA) is 125 Å². The molecule has 312 valence electrons. The van der Waals surface area contributed by atoms with Gasteiger partial charge in [0.15, 0.2) is 0 Å². The van der Waals surface area contributed by atoms with Crippen molar-refractivity contribution in [2.24, 2.45) is 0 Å². The van der Waals surface area contributed by atoms with Gasteiger partial charge in [-0.25, -0.2) is 15.0 Å². The largest absolute Gasteiger partial charge is 0.497 e. The molecule has 1 amide bonds. The van der Waals surface area contributed by atoms with Gasteiger partial charge >= 0.3 is 0 Å². The monoisotopic (exact) mass is 818 g/mol. The lowest BCUT2D eigenvalue weighted by Crippen LogP contribution is -2.48. The summed E-state index contributed by atoms with van der Waals surface area (Å²) < 4.78 is 16.5. The van der Waals surface area contributed by atoms with Crippen LogP contribution in [0.2, 0.25) is 0 Å². The Bertz CT molecular complexity index is 2390. The fraction of sp³-hybridized carbons (Fsp3) is 0.319. The van der Waals surface area contributed by atoms with Crippen molar-refractivity contribution in [2.75, 3.05) is 92.8 Å². The molecule has 0 atom stereocenters. The van der Waals surface area contributed by atoms with Crippen LogP contribution in [0.25, 0.3) is 11.3 Å². The van der Waals surface area contributed by atoms with Crippen LogP contribution in [0.3, 0.4) is 0 Å². The number of benzene rings is 3. The Labute approximate surface area is 356 Å². The van der Waals surface area contributed by atoms with Crippen molar-refractivity contribution in [3.05, 3.63) is 131 Å². The van der Waals surface area contributed by atoms with E-state index in [4.69, 9.17) is 34.1 Å². The number of nitrogens with zero attached hydrogens (tertiary/aromatic N) is 10. The summed E-state index contributed by atoms with van der Waals surface area (Å²) in [5.41, 5.74) is 8.74. The van der Waals surface area contributed by atoms with E-state index in [1.807, 2.05) is 66.0 Å². The molecule has 0 radical (unpaired) electrons. The van der Waals surface area contributed by atoms with Crippen LogP contribution in [0.15, 0.2) is 104 Å². The van der Waals surface area contributed by atoms with Gasteiger partial charge in [-0.3, -0.25) is 9.78 Å². The number of amides is 1. The van der Waals surface area contributed by atoms with Crippen LogP contribution in [0.5, 0.6) is 11.5 Å². The zero-order valence-electron chi connectivity index (χ0n) is 34.9. The van der Waals surface area contributed by atoms with Crippen molar-refractivity contribution >= 4 is 35.0 Å². The molecule has 0 unspecified atom stereocenters. The molecule has 6 heterocycles. The molecule has 2 fully saturated rings. The highest BCUT2D eigenvalue weighted by atomic mass is 16.5. The molecule has 61 heavy (non-hydrogen) atoms. The summed E-state index contributed by atoms with van der Waals surface area (Å²) in [5.74, 6) is 3.80. The van der Waals surface area contributed by atoms with Gasteiger partial charge in [-0.1, -0.05) is 24.3 Å². The standard InChI is InChI=1S/C47H50N10O4/c1-33-27-36(45(58)54-21-19-53(20-22-54)38-5-4-17-48-30-38)10-15-42(33)57-18-16-41-43(51-47(52-44(41)57)55-23-25-61-26-24-55)37-28-49-46(50-29-37)56(31-34-6-11-39(59-2)12-7-34)32-35-8-13-40(60-3)14-9-35/h4-15,17,27-30H,16,18-26,31-32H2,1-3H3. The highest BCUT2D eigenvalue weighted by molar-refractivity contribution is 5.95. The summed E-state index contributed by atoms with van der Waals surface area (Å²) >= 11 is 0. The van der Waals surface area contributed by atoms with Gasteiger partial charge in [0.05, 0.1) is 45.0 Å². The molecule has 0 N–H and O–H groups in total. The van der Waals surface area contributed by atoms with Crippen LogP contribution in [-0.4, -0.2) is 109 Å². The molecule has 0 aliphatic carbocycles. The number of methoxy groups -OCH3 is 2. The molecule has 0 saturated carbocycles. The normalized spacial score (nSPS) is 15.1. The highest BCUT2D eigenvalue weighted by Crippen LogP contribution is 2.40. The Morgan fingerprint density at radius 1 is 0.754 bits per heavy atom. The number of piperazine rings is 1. The van der Waals surface area contributed by atoms with Crippen LogP contribution >= 0.6 is 0 Å². The van der Waals surface area contributed by atoms with Crippen molar-refractivity contribution in [3.8, 4) is 22.8 Å². The van der Waals surface area contributed by atoms with Crippen molar-refractivity contribution in [2.45, 2.75) is 26.4 Å². The van der Waals surface area contributed by atoms with E-state index in [0.29, 0.717) is 69.9 Å². The third-order valence-corrected chi connectivity index (χ3v) is 11.7. The van der Waals surface area contributed by atoms with Gasteiger partial charge < -0.3 is 38.7 Å². The van der Waals surface area contributed by atoms with Crippen LogP contribution < -0.4 is 29.1 Å². The number of aryl methyl sites for hydroxylation is 1. The fourth-order valence-corrected chi connectivity index (χ4v) is 8.31. The summed E-state index contributed by atoms with van der Waals surface area (Å²) in [6.07, 6.45) is 8.17. The third kappa shape index (κ3) is 8.62. The lowest BCUT2D eigenvalue weighted by molar-refractivity contribution is 0.0746. The van der Waals surface area contributed by atoms with Gasteiger partial charge in [0.2, 0.25) is 11.9 Å². The lowest BCUT2D eigenvalue weighted by atomic mass is 10.1. The third-order valence-electron chi connectivity index (χ3n) is 11.7. The molecule has 6 aromatic rings. The van der Waals surface area contributed by atoms with Crippen molar-refractivity contribution < 1.29 is 19.0 Å². The Balaban J connectivity index is 0.988. The number of anilines is 5. The Hall–Kier alpha value is -6.80. The highest BCUT2D eigenvalue weighted by Gasteiger charge is 2.31. The summed E-state index contributed by atoms with van der Waals surface area (Å²) in [4.78, 5) is 49.2. The first kappa shape index (κ1) is 39.6. The van der Waals surface area contributed by atoms with Gasteiger partial charge in [0, 0.05) is 99.9 Å². The van der Waals surface area contributed by atoms with Crippen molar-refractivity contribution in [1.82, 2.24) is 29.8 Å². The summed E-state index contributed by atoms with van der Waals surface area (Å²) in [7, 11) is 3.34. The average molecular weight is 819 g/mol. The van der Waals surface area contributed by atoms with Crippen molar-refractivity contribution in [1.29, 1.82) is 0 Å². The fourth-order valence-electron chi connectivity index (χ4n) is 8.31. The Morgan fingerprint density at radius 2 is 1.43 bits per heavy atom. The van der Waals surface area contributed by atoms with Gasteiger partial charge in [-0.2, -0.15) is 4.98 Å². The molecule has 14 heteroatoms. The Morgan fingerprint density at radius 3 is 2.03 bits per heavy atom. The van der Waals surface area contributed by atoms with E-state index >= 15 is 0 Å². The van der Waals surface area contributed by atoms with E-state index in [1.165, 1.54) is 0 Å². The maximum absolute atomic E-state index is 13.8. The van der Waals surface area contributed by atoms with E-state index in [0.717, 1.165) is 88.3 Å². The van der Waals surface area contributed by atoms with Crippen LogP contribution in [-0.2, 0) is 24.2 Å². The first-order chi connectivity index (χ1) is 29.9. The number of hydrogen-bond donors (Lipinski definition) is 0. The zero-order chi connectivity index (χ0) is 41.7. The molecule has 3 aliphatic rings. The maximum Gasteiger partial charge on any atom is 0.253 e. The van der Waals surface area contributed by atoms with Crippen LogP contribution in [0.4, 0.5) is 29.1 Å². The number of fused-ring (bicyclic) bond motifs is 1. The van der Waals surface area contributed by atoms with Crippen LogP contribution in [0, 0.1) is 6.92 Å². The molecule has 3 aromatic heterocycles. The van der Waals surface area contributed by atoms with E-state index in [-0.39, 0.29) is 5.91 Å². The van der Waals surface area contributed by atoms with Gasteiger partial charge in [-0.15, -0.1) is 0 Å². The quantitative estimate of drug-likeness (QED) is 0.136. The molecular formula is C47H50N10O4. The second-order valence-electron chi connectivity index (χ2n) is 15.5. The second kappa shape index (κ2) is 17.8. The molecule has 0 bridgehead atoms. The number of aromatic nitrogens is 5. The van der Waals surface area contributed by atoms with Gasteiger partial charge in [0.25, 0.3) is 5.91 Å². The number of morpholine rings is 1. The number of hydrogen-bond acceptors (Lipinski definition) is 13. The number of pyridine rings is 1. The predicted molar refractivity (Wildman–Crippen MR) is 236 cm³/mol. The van der Waals surface area contributed by atoms with E-state index in [2.05, 4.69) is 67.9 Å². The molecular weight excluding hydrogens is 769 g/mol.